The van der Waals surface area contributed by atoms with E-state index in [1.807, 2.05) is 11.7 Å². The highest BCUT2D eigenvalue weighted by Crippen LogP contribution is 2.28. The Morgan fingerprint density at radius 1 is 0.682 bits per heavy atom. The number of rotatable bonds is 2. The van der Waals surface area contributed by atoms with Crippen LogP contribution in [-0.4, -0.2) is 9.78 Å². The van der Waals surface area contributed by atoms with Gasteiger partial charge in [-0.3, -0.25) is 4.68 Å². The highest BCUT2D eigenvalue weighted by molar-refractivity contribution is 5.70. The first-order chi connectivity index (χ1) is 10.5. The average molecular weight is 290 g/mol. The Hall–Kier alpha value is -2.35. The predicted molar refractivity (Wildman–Crippen MR) is 93.0 cm³/mol. The highest BCUT2D eigenvalue weighted by atomic mass is 15.3. The third kappa shape index (κ3) is 2.57. The fourth-order valence-corrected chi connectivity index (χ4v) is 2.68. The minimum atomic E-state index is 1.03. The van der Waals surface area contributed by atoms with Crippen molar-refractivity contribution in [2.45, 2.75) is 27.7 Å². The van der Waals surface area contributed by atoms with Crippen LogP contribution in [0.4, 0.5) is 0 Å². The van der Waals surface area contributed by atoms with Gasteiger partial charge in [0, 0.05) is 18.2 Å². The molecule has 0 N–H and O–H groups in total. The largest absolute Gasteiger partial charge is 0.267 e. The molecular weight excluding hydrogens is 268 g/mol. The van der Waals surface area contributed by atoms with E-state index in [4.69, 9.17) is 5.10 Å². The molecule has 2 nitrogen and oxygen atoms in total. The van der Waals surface area contributed by atoms with E-state index in [2.05, 4.69) is 70.2 Å². The summed E-state index contributed by atoms with van der Waals surface area (Å²) in [6, 6.07) is 15.3. The number of hydrogen-bond acceptors (Lipinski definition) is 1. The Morgan fingerprint density at radius 3 is 1.82 bits per heavy atom. The van der Waals surface area contributed by atoms with Crippen LogP contribution in [0.15, 0.2) is 42.5 Å². The zero-order valence-electron chi connectivity index (χ0n) is 13.9. The van der Waals surface area contributed by atoms with Gasteiger partial charge in [-0.1, -0.05) is 24.3 Å². The molecular formula is C20H22N2. The Balaban J connectivity index is 2.06. The van der Waals surface area contributed by atoms with Crippen molar-refractivity contribution in [3.05, 3.63) is 64.7 Å². The SMILES string of the molecule is Cc1ccc(-c2cc(-c3ccc(C)c(C)c3)n(C)n2)cc1C. The summed E-state index contributed by atoms with van der Waals surface area (Å²) in [4.78, 5) is 0. The molecule has 0 atom stereocenters. The average Bonchev–Trinajstić information content (AvgIpc) is 2.87. The zero-order chi connectivity index (χ0) is 15.9. The molecule has 0 saturated carbocycles. The monoisotopic (exact) mass is 290 g/mol. The minimum absolute atomic E-state index is 1.03. The number of nitrogens with zero attached hydrogens (tertiary/aromatic N) is 2. The lowest BCUT2D eigenvalue weighted by molar-refractivity contribution is 0.779. The van der Waals surface area contributed by atoms with Gasteiger partial charge in [0.15, 0.2) is 0 Å². The summed E-state index contributed by atoms with van der Waals surface area (Å²) in [6.07, 6.45) is 0. The second kappa shape index (κ2) is 5.45. The Kier molecular flexibility index (Phi) is 3.61. The lowest BCUT2D eigenvalue weighted by Crippen LogP contribution is -1.94. The summed E-state index contributed by atoms with van der Waals surface area (Å²) in [5, 5.41) is 4.70. The maximum Gasteiger partial charge on any atom is 0.0929 e. The van der Waals surface area contributed by atoms with Gasteiger partial charge in [0.05, 0.1) is 11.4 Å². The maximum absolute atomic E-state index is 4.70. The van der Waals surface area contributed by atoms with Crippen molar-refractivity contribution in [1.82, 2.24) is 9.78 Å². The highest BCUT2D eigenvalue weighted by Gasteiger charge is 2.10. The number of aromatic nitrogens is 2. The zero-order valence-corrected chi connectivity index (χ0v) is 13.9. The first kappa shape index (κ1) is 14.6. The minimum Gasteiger partial charge on any atom is -0.267 e. The Labute approximate surface area is 132 Å². The van der Waals surface area contributed by atoms with Gasteiger partial charge in [-0.2, -0.15) is 5.10 Å². The molecule has 3 rings (SSSR count). The van der Waals surface area contributed by atoms with Crippen LogP contribution in [-0.2, 0) is 7.05 Å². The van der Waals surface area contributed by atoms with Gasteiger partial charge in [-0.05, 0) is 68.1 Å². The van der Waals surface area contributed by atoms with Gasteiger partial charge in [-0.15, -0.1) is 0 Å². The van der Waals surface area contributed by atoms with E-state index in [1.54, 1.807) is 0 Å². The fourth-order valence-electron chi connectivity index (χ4n) is 2.68. The van der Waals surface area contributed by atoms with Crippen molar-refractivity contribution in [2.24, 2.45) is 7.05 Å². The third-order valence-corrected chi connectivity index (χ3v) is 4.49. The summed E-state index contributed by atoms with van der Waals surface area (Å²) < 4.78 is 1.97. The molecule has 112 valence electrons. The van der Waals surface area contributed by atoms with Crippen molar-refractivity contribution < 1.29 is 0 Å². The summed E-state index contributed by atoms with van der Waals surface area (Å²) in [5.74, 6) is 0. The van der Waals surface area contributed by atoms with E-state index >= 15 is 0 Å². The molecule has 0 bridgehead atoms. The molecule has 0 fully saturated rings. The van der Waals surface area contributed by atoms with Crippen molar-refractivity contribution >= 4 is 0 Å². The smallest absolute Gasteiger partial charge is 0.0929 e. The molecule has 2 aromatic carbocycles. The van der Waals surface area contributed by atoms with E-state index in [1.165, 1.54) is 33.4 Å². The molecule has 0 unspecified atom stereocenters. The molecule has 0 amide bonds. The van der Waals surface area contributed by atoms with Gasteiger partial charge in [0.2, 0.25) is 0 Å². The first-order valence-electron chi connectivity index (χ1n) is 7.65. The molecule has 2 heteroatoms. The predicted octanol–water partition coefficient (Wildman–Crippen LogP) is 4.99. The molecule has 3 aromatic rings. The van der Waals surface area contributed by atoms with Gasteiger partial charge in [-0.25, -0.2) is 0 Å². The molecule has 0 radical (unpaired) electrons. The van der Waals surface area contributed by atoms with E-state index in [0.717, 1.165) is 11.4 Å². The summed E-state index contributed by atoms with van der Waals surface area (Å²) in [6.45, 7) is 8.58. The lowest BCUT2D eigenvalue weighted by atomic mass is 10.0. The van der Waals surface area contributed by atoms with Gasteiger partial charge < -0.3 is 0 Å². The lowest BCUT2D eigenvalue weighted by Gasteiger charge is -2.05. The van der Waals surface area contributed by atoms with Gasteiger partial charge in [0.25, 0.3) is 0 Å². The van der Waals surface area contributed by atoms with Gasteiger partial charge >= 0.3 is 0 Å². The normalized spacial score (nSPS) is 11.0. The third-order valence-electron chi connectivity index (χ3n) is 4.49. The maximum atomic E-state index is 4.70. The summed E-state index contributed by atoms with van der Waals surface area (Å²) in [7, 11) is 2.01. The second-order valence-corrected chi connectivity index (χ2v) is 6.14. The first-order valence-corrected chi connectivity index (χ1v) is 7.65. The summed E-state index contributed by atoms with van der Waals surface area (Å²) >= 11 is 0. The van der Waals surface area contributed by atoms with E-state index < -0.39 is 0 Å². The Morgan fingerprint density at radius 2 is 1.23 bits per heavy atom. The van der Waals surface area contributed by atoms with Crippen molar-refractivity contribution in [3.63, 3.8) is 0 Å². The van der Waals surface area contributed by atoms with Crippen LogP contribution in [0, 0.1) is 27.7 Å². The standard InChI is InChI=1S/C20H22N2/c1-13-6-8-17(10-15(13)3)19-12-20(22(5)21-19)18-9-7-14(2)16(4)11-18/h6-12H,1-5H3. The van der Waals surface area contributed by atoms with E-state index in [-0.39, 0.29) is 0 Å². The second-order valence-electron chi connectivity index (χ2n) is 6.14. The quantitative estimate of drug-likeness (QED) is 0.650. The topological polar surface area (TPSA) is 17.8 Å². The Bertz CT molecular complexity index is 841. The molecule has 0 aliphatic carbocycles. The molecule has 0 spiro atoms. The van der Waals surface area contributed by atoms with Crippen molar-refractivity contribution in [1.29, 1.82) is 0 Å². The van der Waals surface area contributed by atoms with Crippen LogP contribution >= 0.6 is 0 Å². The van der Waals surface area contributed by atoms with Crippen molar-refractivity contribution in [2.75, 3.05) is 0 Å². The van der Waals surface area contributed by atoms with E-state index in [0.29, 0.717) is 0 Å². The fraction of sp³-hybridized carbons (Fsp3) is 0.250. The number of hydrogen-bond donors (Lipinski definition) is 0. The van der Waals surface area contributed by atoms with Crippen LogP contribution in [0.3, 0.4) is 0 Å². The molecule has 0 saturated heterocycles. The molecule has 22 heavy (non-hydrogen) atoms. The van der Waals surface area contributed by atoms with Crippen LogP contribution < -0.4 is 0 Å². The molecule has 1 heterocycles. The molecule has 0 aliphatic heterocycles. The number of aryl methyl sites for hydroxylation is 5. The van der Waals surface area contributed by atoms with Crippen LogP contribution in [0.2, 0.25) is 0 Å². The van der Waals surface area contributed by atoms with Crippen LogP contribution in [0.1, 0.15) is 22.3 Å². The summed E-state index contributed by atoms with van der Waals surface area (Å²) in [5.41, 5.74) is 9.81. The van der Waals surface area contributed by atoms with Gasteiger partial charge in [0.1, 0.15) is 0 Å². The van der Waals surface area contributed by atoms with Crippen molar-refractivity contribution in [3.8, 4) is 22.5 Å². The number of benzene rings is 2. The van der Waals surface area contributed by atoms with E-state index in [9.17, 15) is 0 Å². The van der Waals surface area contributed by atoms with Crippen LogP contribution in [0.5, 0.6) is 0 Å². The molecule has 1 aromatic heterocycles. The van der Waals surface area contributed by atoms with Crippen LogP contribution in [0.25, 0.3) is 22.5 Å². The molecule has 0 aliphatic rings.